The van der Waals surface area contributed by atoms with Crippen LogP contribution < -0.4 is 4.90 Å². The van der Waals surface area contributed by atoms with Gasteiger partial charge in [-0.1, -0.05) is 24.3 Å². The summed E-state index contributed by atoms with van der Waals surface area (Å²) >= 11 is 0. The monoisotopic (exact) mass is 244 g/mol. The van der Waals surface area contributed by atoms with Crippen LogP contribution in [0.2, 0.25) is 0 Å². The van der Waals surface area contributed by atoms with Gasteiger partial charge in [0, 0.05) is 30.8 Å². The average molecular weight is 244 g/mol. The molecule has 96 valence electrons. The van der Waals surface area contributed by atoms with Crippen molar-refractivity contribution in [1.82, 2.24) is 4.98 Å². The fraction of sp³-hybridized carbons (Fsp3) is 0.400. The van der Waals surface area contributed by atoms with Crippen molar-refractivity contribution in [3.8, 4) is 0 Å². The van der Waals surface area contributed by atoms with Crippen molar-refractivity contribution in [1.29, 1.82) is 0 Å². The van der Waals surface area contributed by atoms with Crippen molar-refractivity contribution in [2.24, 2.45) is 0 Å². The zero-order valence-corrected chi connectivity index (χ0v) is 11.0. The van der Waals surface area contributed by atoms with Crippen LogP contribution in [0.1, 0.15) is 20.3 Å². The number of hydrogen-bond acceptors (Lipinski definition) is 3. The van der Waals surface area contributed by atoms with E-state index in [0.29, 0.717) is 6.04 Å². The molecule has 0 atom stereocenters. The molecule has 0 amide bonds. The van der Waals surface area contributed by atoms with E-state index < -0.39 is 0 Å². The minimum absolute atomic E-state index is 0.216. The number of benzene rings is 1. The van der Waals surface area contributed by atoms with Crippen LogP contribution in [0.25, 0.3) is 10.8 Å². The molecular weight excluding hydrogens is 224 g/mol. The van der Waals surface area contributed by atoms with Gasteiger partial charge in [0.15, 0.2) is 0 Å². The molecule has 0 aliphatic rings. The minimum atomic E-state index is 0.216. The third kappa shape index (κ3) is 2.62. The van der Waals surface area contributed by atoms with Gasteiger partial charge >= 0.3 is 0 Å². The Morgan fingerprint density at radius 1 is 1.22 bits per heavy atom. The predicted octanol–water partition coefficient (Wildman–Crippen LogP) is 2.83. The second kappa shape index (κ2) is 5.83. The number of hydrogen-bond donors (Lipinski definition) is 1. The Hall–Kier alpha value is -1.61. The lowest BCUT2D eigenvalue weighted by Gasteiger charge is -2.28. The largest absolute Gasteiger partial charge is 0.396 e. The maximum absolute atomic E-state index is 9.01. The molecule has 0 spiro atoms. The molecule has 2 rings (SSSR count). The molecule has 0 radical (unpaired) electrons. The van der Waals surface area contributed by atoms with Gasteiger partial charge in [0.25, 0.3) is 0 Å². The van der Waals surface area contributed by atoms with Gasteiger partial charge in [0.1, 0.15) is 5.82 Å². The number of rotatable bonds is 5. The molecule has 0 aliphatic heterocycles. The van der Waals surface area contributed by atoms with Crippen LogP contribution >= 0.6 is 0 Å². The van der Waals surface area contributed by atoms with Gasteiger partial charge in [-0.05, 0) is 31.7 Å². The second-order valence-corrected chi connectivity index (χ2v) is 4.72. The van der Waals surface area contributed by atoms with Crippen molar-refractivity contribution in [2.75, 3.05) is 18.1 Å². The van der Waals surface area contributed by atoms with E-state index in [1.54, 1.807) is 0 Å². The third-order valence-corrected chi connectivity index (χ3v) is 3.11. The smallest absolute Gasteiger partial charge is 0.136 e. The van der Waals surface area contributed by atoms with Gasteiger partial charge in [-0.25, -0.2) is 4.98 Å². The van der Waals surface area contributed by atoms with Crippen LogP contribution in [0.15, 0.2) is 36.5 Å². The highest BCUT2D eigenvalue weighted by Gasteiger charge is 2.14. The SMILES string of the molecule is CC(C)N(CCCO)c1nccc2ccccc12. The maximum Gasteiger partial charge on any atom is 0.136 e. The third-order valence-electron chi connectivity index (χ3n) is 3.11. The van der Waals surface area contributed by atoms with Crippen molar-refractivity contribution in [2.45, 2.75) is 26.3 Å². The Morgan fingerprint density at radius 2 is 2.00 bits per heavy atom. The number of nitrogens with zero attached hydrogens (tertiary/aromatic N) is 2. The molecule has 2 aromatic rings. The van der Waals surface area contributed by atoms with Crippen molar-refractivity contribution in [3.05, 3.63) is 36.5 Å². The lowest BCUT2D eigenvalue weighted by Crippen LogP contribution is -2.33. The Morgan fingerprint density at radius 3 is 2.72 bits per heavy atom. The number of pyridine rings is 1. The van der Waals surface area contributed by atoms with E-state index in [-0.39, 0.29) is 6.61 Å². The Labute approximate surface area is 108 Å². The molecule has 0 fully saturated rings. The first-order valence-electron chi connectivity index (χ1n) is 6.45. The molecule has 18 heavy (non-hydrogen) atoms. The van der Waals surface area contributed by atoms with E-state index in [0.717, 1.165) is 18.8 Å². The van der Waals surface area contributed by atoms with E-state index >= 15 is 0 Å². The predicted molar refractivity (Wildman–Crippen MR) is 75.9 cm³/mol. The summed E-state index contributed by atoms with van der Waals surface area (Å²) in [6, 6.07) is 10.7. The van der Waals surface area contributed by atoms with Gasteiger partial charge in [-0.2, -0.15) is 0 Å². The highest BCUT2D eigenvalue weighted by molar-refractivity contribution is 5.92. The molecular formula is C15H20N2O. The minimum Gasteiger partial charge on any atom is -0.396 e. The highest BCUT2D eigenvalue weighted by atomic mass is 16.3. The Balaban J connectivity index is 2.43. The lowest BCUT2D eigenvalue weighted by atomic mass is 10.1. The first kappa shape index (κ1) is 12.8. The van der Waals surface area contributed by atoms with Gasteiger partial charge in [-0.15, -0.1) is 0 Å². The van der Waals surface area contributed by atoms with E-state index in [1.807, 2.05) is 24.4 Å². The molecule has 0 saturated heterocycles. The normalized spacial score (nSPS) is 11.1. The maximum atomic E-state index is 9.01. The number of aliphatic hydroxyl groups excluding tert-OH is 1. The summed E-state index contributed by atoms with van der Waals surface area (Å²) in [6.07, 6.45) is 2.62. The van der Waals surface area contributed by atoms with Crippen molar-refractivity contribution in [3.63, 3.8) is 0 Å². The Kier molecular flexibility index (Phi) is 4.15. The van der Waals surface area contributed by atoms with Crippen LogP contribution in [0.4, 0.5) is 5.82 Å². The van der Waals surface area contributed by atoms with Crippen LogP contribution in [0.5, 0.6) is 0 Å². The summed E-state index contributed by atoms with van der Waals surface area (Å²) in [4.78, 5) is 6.77. The van der Waals surface area contributed by atoms with E-state index in [4.69, 9.17) is 5.11 Å². The number of aromatic nitrogens is 1. The molecule has 0 aliphatic carbocycles. The summed E-state index contributed by atoms with van der Waals surface area (Å²) in [5.41, 5.74) is 0. The molecule has 0 unspecified atom stereocenters. The second-order valence-electron chi connectivity index (χ2n) is 4.72. The molecule has 1 aromatic carbocycles. The lowest BCUT2D eigenvalue weighted by molar-refractivity contribution is 0.288. The van der Waals surface area contributed by atoms with Crippen LogP contribution in [0.3, 0.4) is 0 Å². The molecule has 3 nitrogen and oxygen atoms in total. The van der Waals surface area contributed by atoms with Gasteiger partial charge < -0.3 is 10.0 Å². The van der Waals surface area contributed by atoms with E-state index in [2.05, 4.69) is 35.9 Å². The van der Waals surface area contributed by atoms with Crippen molar-refractivity contribution >= 4 is 16.6 Å². The molecule has 1 aromatic heterocycles. The highest BCUT2D eigenvalue weighted by Crippen LogP contribution is 2.25. The van der Waals surface area contributed by atoms with Crippen LogP contribution in [0, 0.1) is 0 Å². The topological polar surface area (TPSA) is 36.4 Å². The zero-order chi connectivity index (χ0) is 13.0. The number of anilines is 1. The summed E-state index contributed by atoms with van der Waals surface area (Å²) in [7, 11) is 0. The fourth-order valence-electron chi connectivity index (χ4n) is 2.18. The first-order valence-corrected chi connectivity index (χ1v) is 6.45. The van der Waals surface area contributed by atoms with Gasteiger partial charge in [-0.3, -0.25) is 0 Å². The quantitative estimate of drug-likeness (QED) is 0.878. The molecule has 0 saturated carbocycles. The Bertz CT molecular complexity index is 505. The number of aliphatic hydroxyl groups is 1. The standard InChI is InChI=1S/C15H20N2O/c1-12(2)17(10-5-11-18)15-14-7-4-3-6-13(14)8-9-16-15/h3-4,6-9,12,18H,5,10-11H2,1-2H3. The molecule has 1 N–H and O–H groups in total. The van der Waals surface area contributed by atoms with Gasteiger partial charge in [0.2, 0.25) is 0 Å². The number of fused-ring (bicyclic) bond motifs is 1. The van der Waals surface area contributed by atoms with Gasteiger partial charge in [0.05, 0.1) is 0 Å². The average Bonchev–Trinajstić information content (AvgIpc) is 2.39. The summed E-state index contributed by atoms with van der Waals surface area (Å²) in [5.74, 6) is 1.01. The molecule has 3 heteroatoms. The van der Waals surface area contributed by atoms with Crippen LogP contribution in [-0.2, 0) is 0 Å². The van der Waals surface area contributed by atoms with E-state index in [1.165, 1.54) is 10.8 Å². The summed E-state index contributed by atoms with van der Waals surface area (Å²) < 4.78 is 0. The summed E-state index contributed by atoms with van der Waals surface area (Å²) in [6.45, 7) is 5.35. The summed E-state index contributed by atoms with van der Waals surface area (Å²) in [5, 5.41) is 11.4. The fourth-order valence-corrected chi connectivity index (χ4v) is 2.18. The molecule has 0 bridgehead atoms. The van der Waals surface area contributed by atoms with Crippen molar-refractivity contribution < 1.29 is 5.11 Å². The van der Waals surface area contributed by atoms with Crippen LogP contribution in [-0.4, -0.2) is 29.3 Å². The molecule has 1 heterocycles. The first-order chi connectivity index (χ1) is 8.74. The van der Waals surface area contributed by atoms with E-state index in [9.17, 15) is 0 Å². The zero-order valence-electron chi connectivity index (χ0n) is 11.0.